The molecule has 0 heterocycles. The summed E-state index contributed by atoms with van der Waals surface area (Å²) in [6.45, 7) is 4.80. The van der Waals surface area contributed by atoms with E-state index in [1.165, 1.54) is 28.1 Å². The largest absolute Gasteiger partial charge is 0.481 e. The average molecular weight is 1190 g/mol. The Labute approximate surface area is 481 Å². The standard InChI is InChI=1S/C49H90N16O18/c1-30(11-15-54-38(66)25-34(58-44(74)32(52)9-5-7-13-50)48(78)60-36(27-42(70)71)46(76)56-17-19-82-23-21-80-3)62-64-40(68)29-41(69)65-63-31(2)12-16-55-39(67)26-35(59-45(75)33(53)10-6-8-14-51)49(79)61-37(28-43(72)73)47(77)57-18-20-83-24-22-81-4/h32-37,40,64,68H,5-29,50-53H2,1-4H3,(H,54,66)(H,55,67)(H,56,76)(H,57,77)(H,58,74)(H,59,75)(H,60,78)(H,61,79)(H,65,69)(H,70,71)(H,72,73)/b62-30+,63-31+. The van der Waals surface area contributed by atoms with E-state index in [9.17, 15) is 68.1 Å². The van der Waals surface area contributed by atoms with Crippen LogP contribution in [-0.4, -0.2) is 227 Å². The van der Waals surface area contributed by atoms with Crippen LogP contribution in [0.3, 0.4) is 0 Å². The van der Waals surface area contributed by atoms with Crippen LogP contribution in [0.1, 0.15) is 97.3 Å². The Bertz CT molecular complexity index is 2090. The smallest absolute Gasteiger partial charge is 0.305 e. The van der Waals surface area contributed by atoms with Crippen LogP contribution in [-0.2, 0) is 71.7 Å². The van der Waals surface area contributed by atoms with Crippen molar-refractivity contribution in [3.05, 3.63) is 0 Å². The van der Waals surface area contributed by atoms with E-state index in [4.69, 9.17) is 41.9 Å². The third-order valence-corrected chi connectivity index (χ3v) is 11.4. The second kappa shape index (κ2) is 46.4. The molecule has 0 aromatic rings. The predicted molar refractivity (Wildman–Crippen MR) is 298 cm³/mol. The summed E-state index contributed by atoms with van der Waals surface area (Å²) < 4.78 is 20.3. The Morgan fingerprint density at radius 1 is 0.458 bits per heavy atom. The van der Waals surface area contributed by atoms with Crippen molar-refractivity contribution in [2.45, 2.75) is 140 Å². The summed E-state index contributed by atoms with van der Waals surface area (Å²) in [6, 6.07) is -8.54. The number of nitrogens with two attached hydrogens (primary N) is 4. The molecule has 474 valence electrons. The van der Waals surface area contributed by atoms with Crippen LogP contribution in [0.2, 0.25) is 0 Å². The fraction of sp³-hybridized carbons (Fsp3) is 0.735. The summed E-state index contributed by atoms with van der Waals surface area (Å²) in [4.78, 5) is 141. The molecule has 0 saturated carbocycles. The Morgan fingerprint density at radius 2 is 0.843 bits per heavy atom. The van der Waals surface area contributed by atoms with Gasteiger partial charge in [0.1, 0.15) is 30.4 Å². The van der Waals surface area contributed by atoms with E-state index in [0.29, 0.717) is 63.4 Å². The molecule has 0 spiro atoms. The fourth-order valence-electron chi connectivity index (χ4n) is 6.80. The number of amides is 9. The molecule has 0 aliphatic rings. The lowest BCUT2D eigenvalue weighted by atomic mass is 10.1. The Balaban J connectivity index is 5.50. The van der Waals surface area contributed by atoms with Gasteiger partial charge in [0.25, 0.3) is 0 Å². The van der Waals surface area contributed by atoms with E-state index < -0.39 is 140 Å². The number of carbonyl (C=O) groups excluding carboxylic acids is 9. The van der Waals surface area contributed by atoms with Gasteiger partial charge in [-0.05, 0) is 52.6 Å². The summed E-state index contributed by atoms with van der Waals surface area (Å²) in [5.74, 6) is -10.4. The van der Waals surface area contributed by atoms with Crippen LogP contribution in [0.4, 0.5) is 0 Å². The van der Waals surface area contributed by atoms with Crippen molar-refractivity contribution in [2.24, 2.45) is 33.1 Å². The molecule has 0 aromatic heterocycles. The van der Waals surface area contributed by atoms with Crippen molar-refractivity contribution < 1.29 is 87.0 Å². The highest BCUT2D eigenvalue weighted by Gasteiger charge is 2.33. The SMILES string of the molecule is COCCOCCNC(=O)C(CC(=O)O)NC(=O)C(CC(=O)NCC/C(C)=N/NC(=O)CC(O)N/N=C(\C)CCNC(=O)CC(NC(=O)C(N)CCCCN)C(=O)NC(CC(=O)O)C(=O)NCCOCCOC)NC(=O)C(N)CCCCN. The van der Waals surface area contributed by atoms with Crippen LogP contribution < -0.4 is 76.3 Å². The van der Waals surface area contributed by atoms with Crippen LogP contribution in [0, 0.1) is 0 Å². The third kappa shape index (κ3) is 39.1. The number of aliphatic hydroxyl groups is 1. The lowest BCUT2D eigenvalue weighted by Gasteiger charge is -2.23. The molecular formula is C49H90N16O18. The number of nitrogens with zero attached hydrogens (tertiary/aromatic N) is 2. The number of rotatable bonds is 49. The topological polar surface area (TPSA) is 534 Å². The quantitative estimate of drug-likeness (QED) is 0.0117. The monoisotopic (exact) mass is 1190 g/mol. The molecule has 34 heteroatoms. The summed E-state index contributed by atoms with van der Waals surface area (Å²) in [6.07, 6.45) is -2.28. The molecule has 7 atom stereocenters. The minimum absolute atomic E-state index is 0.0250. The first-order valence-corrected chi connectivity index (χ1v) is 27.0. The summed E-state index contributed by atoms with van der Waals surface area (Å²) >= 11 is 0. The minimum atomic E-state index is -1.60. The Hall–Kier alpha value is -7.05. The number of aliphatic hydroxyl groups excluding tert-OH is 1. The highest BCUT2D eigenvalue weighted by molar-refractivity contribution is 5.98. The summed E-state index contributed by atoms with van der Waals surface area (Å²) in [7, 11) is 2.96. The van der Waals surface area contributed by atoms with E-state index in [0.717, 1.165) is 0 Å². The van der Waals surface area contributed by atoms with Gasteiger partial charge in [-0.3, -0.25) is 58.2 Å². The molecule has 0 radical (unpaired) electrons. The van der Waals surface area contributed by atoms with Gasteiger partial charge in [-0.25, -0.2) is 5.43 Å². The van der Waals surface area contributed by atoms with Gasteiger partial charge in [-0.15, -0.1) is 0 Å². The molecule has 0 bridgehead atoms. The molecular weight excluding hydrogens is 1100 g/mol. The van der Waals surface area contributed by atoms with Crippen molar-refractivity contribution in [3.63, 3.8) is 0 Å². The molecule has 0 fully saturated rings. The fourth-order valence-corrected chi connectivity index (χ4v) is 6.80. The number of ether oxygens (including phenoxy) is 4. The third-order valence-electron chi connectivity index (χ3n) is 11.4. The first-order valence-electron chi connectivity index (χ1n) is 27.0. The number of carboxylic acid groups (broad SMARTS) is 2. The lowest BCUT2D eigenvalue weighted by molar-refractivity contribution is -0.141. The van der Waals surface area contributed by atoms with Crippen LogP contribution in [0.25, 0.3) is 0 Å². The number of methoxy groups -OCH3 is 2. The molecule has 34 nitrogen and oxygen atoms in total. The van der Waals surface area contributed by atoms with Gasteiger partial charge in [0.15, 0.2) is 0 Å². The summed E-state index contributed by atoms with van der Waals surface area (Å²) in [5.41, 5.74) is 28.4. The average Bonchev–Trinajstić information content (AvgIpc) is 3.46. The number of carboxylic acids is 2. The van der Waals surface area contributed by atoms with Crippen LogP contribution in [0.15, 0.2) is 10.2 Å². The first-order chi connectivity index (χ1) is 39.5. The van der Waals surface area contributed by atoms with Crippen LogP contribution in [0.5, 0.6) is 0 Å². The van der Waals surface area contributed by atoms with Gasteiger partial charge in [0.05, 0.1) is 83.8 Å². The van der Waals surface area contributed by atoms with E-state index >= 15 is 0 Å². The maximum atomic E-state index is 13.5. The highest BCUT2D eigenvalue weighted by Crippen LogP contribution is 2.06. The number of nitrogens with one attached hydrogen (secondary N) is 10. The van der Waals surface area contributed by atoms with Crippen molar-refractivity contribution in [1.29, 1.82) is 0 Å². The number of hydrazone groups is 2. The van der Waals surface area contributed by atoms with Crippen molar-refractivity contribution in [2.75, 3.05) is 93.1 Å². The second-order valence-corrected chi connectivity index (χ2v) is 18.7. The van der Waals surface area contributed by atoms with Crippen molar-refractivity contribution in [3.8, 4) is 0 Å². The number of carbonyl (C=O) groups is 11. The molecule has 0 aromatic carbocycles. The van der Waals surface area contributed by atoms with E-state index in [-0.39, 0.29) is 78.3 Å². The molecule has 7 unspecified atom stereocenters. The van der Waals surface area contributed by atoms with Gasteiger partial charge in [0, 0.05) is 64.7 Å². The summed E-state index contributed by atoms with van der Waals surface area (Å²) in [5, 5.41) is 56.7. The zero-order chi connectivity index (χ0) is 62.5. The van der Waals surface area contributed by atoms with Gasteiger partial charge < -0.3 is 99.7 Å². The van der Waals surface area contributed by atoms with E-state index in [1.54, 1.807) is 0 Å². The first kappa shape index (κ1) is 76.0. The van der Waals surface area contributed by atoms with Gasteiger partial charge in [0.2, 0.25) is 53.2 Å². The molecule has 83 heavy (non-hydrogen) atoms. The van der Waals surface area contributed by atoms with Crippen LogP contribution >= 0.6 is 0 Å². The number of aliphatic carboxylic acids is 2. The van der Waals surface area contributed by atoms with E-state index in [1.807, 2.05) is 0 Å². The van der Waals surface area contributed by atoms with Crippen molar-refractivity contribution in [1.82, 2.24) is 53.4 Å². The zero-order valence-electron chi connectivity index (χ0n) is 47.9. The number of unbranched alkanes of at least 4 members (excludes halogenated alkanes) is 2. The molecule has 0 saturated heterocycles. The second-order valence-electron chi connectivity index (χ2n) is 18.7. The molecule has 0 rings (SSSR count). The minimum Gasteiger partial charge on any atom is -0.481 e. The number of hydrogen-bond donors (Lipinski definition) is 17. The maximum absolute atomic E-state index is 13.5. The molecule has 0 aliphatic heterocycles. The van der Waals surface area contributed by atoms with Gasteiger partial charge in [-0.2, -0.15) is 10.2 Å². The highest BCUT2D eigenvalue weighted by atomic mass is 16.5. The molecule has 9 amide bonds. The predicted octanol–water partition coefficient (Wildman–Crippen LogP) is -6.70. The van der Waals surface area contributed by atoms with Gasteiger partial charge in [-0.1, -0.05) is 12.8 Å². The Morgan fingerprint density at radius 3 is 1.23 bits per heavy atom. The van der Waals surface area contributed by atoms with Crippen molar-refractivity contribution >= 4 is 76.5 Å². The zero-order valence-corrected chi connectivity index (χ0v) is 47.9. The number of hydrogen-bond acceptors (Lipinski definition) is 23. The molecule has 21 N–H and O–H groups in total. The van der Waals surface area contributed by atoms with E-state index in [2.05, 4.69) is 63.6 Å². The normalized spacial score (nSPS) is 14.0. The lowest BCUT2D eigenvalue weighted by Crippen LogP contribution is -2.57. The van der Waals surface area contributed by atoms with Gasteiger partial charge >= 0.3 is 11.9 Å². The Kier molecular flexibility index (Phi) is 42.5. The molecule has 0 aliphatic carbocycles. The maximum Gasteiger partial charge on any atom is 0.305 e.